The molecule has 0 spiro atoms. The van der Waals surface area contributed by atoms with Gasteiger partial charge in [-0.2, -0.15) is 0 Å². The van der Waals surface area contributed by atoms with Gasteiger partial charge < -0.3 is 10.2 Å². The molecule has 1 aromatic heterocycles. The molecule has 4 heteroatoms. The summed E-state index contributed by atoms with van der Waals surface area (Å²) in [6, 6.07) is 9.39. The lowest BCUT2D eigenvalue weighted by Crippen LogP contribution is -2.43. The largest absolute Gasteiger partial charge is 0.368 e. The summed E-state index contributed by atoms with van der Waals surface area (Å²) in [5, 5.41) is 3.42. The number of pyridine rings is 1. The van der Waals surface area contributed by atoms with Crippen LogP contribution in [0.15, 0.2) is 36.7 Å². The molecule has 0 saturated carbocycles. The molecule has 0 atom stereocenters. The third kappa shape index (κ3) is 3.86. The zero-order valence-electron chi connectivity index (χ0n) is 17.0. The van der Waals surface area contributed by atoms with Crippen molar-refractivity contribution in [3.8, 4) is 11.1 Å². The SMILES string of the molecule is CC1(C)CCC(C)(C)c2cc(-c3cncc(N4CCNCC4)c3)ccc21.Cl. The third-order valence-corrected chi connectivity index (χ3v) is 6.39. The van der Waals surface area contributed by atoms with E-state index in [1.165, 1.54) is 40.8 Å². The molecule has 2 heterocycles. The highest BCUT2D eigenvalue weighted by molar-refractivity contribution is 5.85. The lowest BCUT2D eigenvalue weighted by molar-refractivity contribution is 0.332. The van der Waals surface area contributed by atoms with Crippen LogP contribution in [0.4, 0.5) is 5.69 Å². The monoisotopic (exact) mass is 385 g/mol. The quantitative estimate of drug-likeness (QED) is 0.794. The number of hydrogen-bond donors (Lipinski definition) is 1. The molecule has 1 aliphatic heterocycles. The average Bonchev–Trinajstić information content (AvgIpc) is 2.66. The summed E-state index contributed by atoms with van der Waals surface area (Å²) in [4.78, 5) is 6.98. The molecule has 0 radical (unpaired) electrons. The molecule has 0 unspecified atom stereocenters. The Kier molecular flexibility index (Phi) is 5.56. The molecule has 1 aliphatic carbocycles. The number of nitrogens with one attached hydrogen (secondary N) is 1. The molecule has 1 saturated heterocycles. The first-order valence-electron chi connectivity index (χ1n) is 9.93. The van der Waals surface area contributed by atoms with Crippen LogP contribution in [0.25, 0.3) is 11.1 Å². The topological polar surface area (TPSA) is 28.2 Å². The summed E-state index contributed by atoms with van der Waals surface area (Å²) in [5.74, 6) is 0. The molecule has 4 rings (SSSR count). The number of aromatic nitrogens is 1. The van der Waals surface area contributed by atoms with Crippen LogP contribution in [-0.2, 0) is 10.8 Å². The van der Waals surface area contributed by atoms with Gasteiger partial charge in [-0.05, 0) is 46.4 Å². The van der Waals surface area contributed by atoms with E-state index in [0.717, 1.165) is 26.2 Å². The van der Waals surface area contributed by atoms with Crippen molar-refractivity contribution in [1.29, 1.82) is 0 Å². The summed E-state index contributed by atoms with van der Waals surface area (Å²) >= 11 is 0. The van der Waals surface area contributed by atoms with Gasteiger partial charge in [0.2, 0.25) is 0 Å². The third-order valence-electron chi connectivity index (χ3n) is 6.39. The van der Waals surface area contributed by atoms with Crippen LogP contribution < -0.4 is 10.2 Å². The molecule has 1 aromatic carbocycles. The van der Waals surface area contributed by atoms with Crippen LogP contribution in [0.2, 0.25) is 0 Å². The fourth-order valence-corrected chi connectivity index (χ4v) is 4.45. The first-order chi connectivity index (χ1) is 12.4. The van der Waals surface area contributed by atoms with Gasteiger partial charge >= 0.3 is 0 Å². The predicted octanol–water partition coefficient (Wildman–Crippen LogP) is 4.93. The molecule has 2 aromatic rings. The maximum atomic E-state index is 4.55. The highest BCUT2D eigenvalue weighted by atomic mass is 35.5. The van der Waals surface area contributed by atoms with Crippen LogP contribution in [0.1, 0.15) is 51.7 Å². The van der Waals surface area contributed by atoms with Gasteiger partial charge in [0.25, 0.3) is 0 Å². The highest BCUT2D eigenvalue weighted by Gasteiger charge is 2.36. The summed E-state index contributed by atoms with van der Waals surface area (Å²) in [7, 11) is 0. The molecule has 146 valence electrons. The Bertz CT molecular complexity index is 807. The van der Waals surface area contributed by atoms with Gasteiger partial charge in [0.05, 0.1) is 11.9 Å². The van der Waals surface area contributed by atoms with E-state index < -0.39 is 0 Å². The minimum Gasteiger partial charge on any atom is -0.368 e. The van der Waals surface area contributed by atoms with Crippen molar-refractivity contribution in [1.82, 2.24) is 10.3 Å². The Morgan fingerprint density at radius 2 is 1.52 bits per heavy atom. The van der Waals surface area contributed by atoms with Crippen molar-refractivity contribution >= 4 is 18.1 Å². The fourth-order valence-electron chi connectivity index (χ4n) is 4.45. The van der Waals surface area contributed by atoms with Crippen LogP contribution in [-0.4, -0.2) is 31.2 Å². The second-order valence-electron chi connectivity index (χ2n) is 9.20. The molecule has 0 amide bonds. The van der Waals surface area contributed by atoms with Crippen molar-refractivity contribution in [3.63, 3.8) is 0 Å². The fraction of sp³-hybridized carbons (Fsp3) is 0.522. The molecule has 1 fully saturated rings. The Labute approximate surface area is 170 Å². The first kappa shape index (κ1) is 20.2. The maximum Gasteiger partial charge on any atom is 0.0559 e. The molecular formula is C23H32ClN3. The molecule has 3 nitrogen and oxygen atoms in total. The summed E-state index contributed by atoms with van der Waals surface area (Å²) in [5.41, 5.74) is 7.29. The maximum absolute atomic E-state index is 4.55. The summed E-state index contributed by atoms with van der Waals surface area (Å²) in [6.45, 7) is 13.7. The van der Waals surface area contributed by atoms with E-state index in [4.69, 9.17) is 0 Å². The lowest BCUT2D eigenvalue weighted by atomic mass is 9.63. The molecule has 27 heavy (non-hydrogen) atoms. The van der Waals surface area contributed by atoms with E-state index in [-0.39, 0.29) is 23.2 Å². The second kappa shape index (κ2) is 7.44. The normalized spacial score (nSPS) is 20.5. The summed E-state index contributed by atoms with van der Waals surface area (Å²) < 4.78 is 0. The van der Waals surface area contributed by atoms with Crippen molar-refractivity contribution < 1.29 is 0 Å². The highest BCUT2D eigenvalue weighted by Crippen LogP contribution is 2.46. The Hall–Kier alpha value is -1.58. The van der Waals surface area contributed by atoms with Gasteiger partial charge in [-0.25, -0.2) is 0 Å². The van der Waals surface area contributed by atoms with E-state index in [9.17, 15) is 0 Å². The minimum atomic E-state index is 0. The van der Waals surface area contributed by atoms with Gasteiger partial charge in [0.1, 0.15) is 0 Å². The van der Waals surface area contributed by atoms with Crippen molar-refractivity contribution in [2.24, 2.45) is 0 Å². The van der Waals surface area contributed by atoms with E-state index in [1.807, 2.05) is 12.4 Å². The van der Waals surface area contributed by atoms with Crippen LogP contribution >= 0.6 is 12.4 Å². The zero-order valence-corrected chi connectivity index (χ0v) is 17.8. The van der Waals surface area contributed by atoms with E-state index in [1.54, 1.807) is 0 Å². The number of piperazine rings is 1. The van der Waals surface area contributed by atoms with Gasteiger partial charge in [0, 0.05) is 37.9 Å². The Balaban J connectivity index is 0.00000210. The number of hydrogen-bond acceptors (Lipinski definition) is 3. The number of halogens is 1. The first-order valence-corrected chi connectivity index (χ1v) is 9.93. The van der Waals surface area contributed by atoms with Gasteiger partial charge in [-0.15, -0.1) is 12.4 Å². The van der Waals surface area contributed by atoms with Gasteiger partial charge in [-0.1, -0.05) is 45.9 Å². The number of rotatable bonds is 2. The molecule has 2 aliphatic rings. The molecule has 1 N–H and O–H groups in total. The van der Waals surface area contributed by atoms with Crippen molar-refractivity contribution in [2.75, 3.05) is 31.1 Å². The van der Waals surface area contributed by atoms with Crippen LogP contribution in [0, 0.1) is 0 Å². The standard InChI is InChI=1S/C23H31N3.ClH/c1-22(2)7-8-23(3,4)21-14-17(5-6-20(21)22)18-13-19(16-25-15-18)26-11-9-24-10-12-26;/h5-6,13-16,24H,7-12H2,1-4H3;1H. The zero-order chi connectivity index (χ0) is 18.4. The second-order valence-corrected chi connectivity index (χ2v) is 9.20. The van der Waals surface area contributed by atoms with Crippen molar-refractivity contribution in [2.45, 2.75) is 51.4 Å². The smallest absolute Gasteiger partial charge is 0.0559 e. The Morgan fingerprint density at radius 1 is 0.852 bits per heavy atom. The van der Waals surface area contributed by atoms with Gasteiger partial charge in [0.15, 0.2) is 0 Å². The molecule has 0 bridgehead atoms. The van der Waals surface area contributed by atoms with Crippen LogP contribution in [0.3, 0.4) is 0 Å². The lowest BCUT2D eigenvalue weighted by Gasteiger charge is -2.42. The predicted molar refractivity (Wildman–Crippen MR) is 117 cm³/mol. The number of fused-ring (bicyclic) bond motifs is 1. The average molecular weight is 386 g/mol. The van der Waals surface area contributed by atoms with E-state index >= 15 is 0 Å². The molecular weight excluding hydrogens is 354 g/mol. The van der Waals surface area contributed by atoms with Crippen molar-refractivity contribution in [3.05, 3.63) is 47.8 Å². The minimum absolute atomic E-state index is 0. The van der Waals surface area contributed by atoms with E-state index in [2.05, 4.69) is 67.2 Å². The Morgan fingerprint density at radius 3 is 2.22 bits per heavy atom. The van der Waals surface area contributed by atoms with Crippen LogP contribution in [0.5, 0.6) is 0 Å². The number of nitrogens with zero attached hydrogens (tertiary/aromatic N) is 2. The number of benzene rings is 1. The number of anilines is 1. The van der Waals surface area contributed by atoms with E-state index in [0.29, 0.717) is 0 Å². The summed E-state index contributed by atoms with van der Waals surface area (Å²) in [6.07, 6.45) is 6.51. The van der Waals surface area contributed by atoms with Gasteiger partial charge in [-0.3, -0.25) is 4.98 Å².